The van der Waals surface area contributed by atoms with Gasteiger partial charge in [0.05, 0.1) is 25.3 Å². The number of hydrogen-bond acceptors (Lipinski definition) is 6. The molecule has 5 nitrogen and oxygen atoms in total. The smallest absolute Gasteiger partial charge is 0.211 e. The minimum atomic E-state index is 0.751. The molecule has 26 heavy (non-hydrogen) atoms. The van der Waals surface area contributed by atoms with Crippen molar-refractivity contribution in [2.24, 2.45) is 10.1 Å². The standard InChI is InChI=1S/C19H15N3O2S2/c1-23-15-8-6-14(7-9-15)21-19-22(20-12-16-4-3-11-25-16)17(13-26-19)18-5-2-10-24-18/h2-13H,1H3. The Morgan fingerprint density at radius 3 is 2.65 bits per heavy atom. The van der Waals surface area contributed by atoms with Crippen LogP contribution in [0.2, 0.25) is 0 Å². The maximum Gasteiger partial charge on any atom is 0.211 e. The fourth-order valence-corrected chi connectivity index (χ4v) is 3.75. The number of nitrogens with zero attached hydrogens (tertiary/aromatic N) is 3. The van der Waals surface area contributed by atoms with E-state index in [9.17, 15) is 0 Å². The van der Waals surface area contributed by atoms with Crippen molar-refractivity contribution < 1.29 is 9.15 Å². The van der Waals surface area contributed by atoms with Crippen molar-refractivity contribution in [1.29, 1.82) is 0 Å². The first-order valence-electron chi connectivity index (χ1n) is 7.84. The lowest BCUT2D eigenvalue weighted by atomic mass is 10.3. The summed E-state index contributed by atoms with van der Waals surface area (Å²) in [5.74, 6) is 1.55. The van der Waals surface area contributed by atoms with Gasteiger partial charge in [-0.05, 0) is 47.8 Å². The molecule has 0 unspecified atom stereocenters. The molecule has 3 aromatic heterocycles. The number of thiophene rings is 1. The molecule has 4 rings (SSSR count). The van der Waals surface area contributed by atoms with Crippen molar-refractivity contribution in [1.82, 2.24) is 4.68 Å². The quantitative estimate of drug-likeness (QED) is 0.457. The van der Waals surface area contributed by atoms with Gasteiger partial charge in [-0.2, -0.15) is 5.10 Å². The van der Waals surface area contributed by atoms with Gasteiger partial charge in [0.25, 0.3) is 0 Å². The highest BCUT2D eigenvalue weighted by Crippen LogP contribution is 2.22. The summed E-state index contributed by atoms with van der Waals surface area (Å²) in [6.07, 6.45) is 3.48. The Labute approximate surface area is 158 Å². The van der Waals surface area contributed by atoms with E-state index >= 15 is 0 Å². The first-order chi connectivity index (χ1) is 12.8. The summed E-state index contributed by atoms with van der Waals surface area (Å²) in [5, 5.41) is 8.65. The molecule has 1 aromatic carbocycles. The molecule has 0 radical (unpaired) electrons. The molecule has 0 saturated heterocycles. The molecule has 0 saturated carbocycles. The molecular weight excluding hydrogens is 366 g/mol. The van der Waals surface area contributed by atoms with Crippen LogP contribution in [-0.4, -0.2) is 18.0 Å². The Bertz CT molecular complexity index is 1060. The lowest BCUT2D eigenvalue weighted by Crippen LogP contribution is -2.11. The second kappa shape index (κ2) is 7.55. The van der Waals surface area contributed by atoms with Crippen LogP contribution in [0.1, 0.15) is 4.88 Å². The predicted octanol–water partition coefficient (Wildman–Crippen LogP) is 4.99. The molecule has 0 atom stereocenters. The van der Waals surface area contributed by atoms with Crippen LogP contribution >= 0.6 is 22.7 Å². The van der Waals surface area contributed by atoms with E-state index in [-0.39, 0.29) is 0 Å². The zero-order chi connectivity index (χ0) is 17.8. The van der Waals surface area contributed by atoms with Crippen molar-refractivity contribution in [2.45, 2.75) is 0 Å². The van der Waals surface area contributed by atoms with Crippen molar-refractivity contribution in [3.05, 3.63) is 75.2 Å². The third kappa shape index (κ3) is 3.54. The van der Waals surface area contributed by atoms with Gasteiger partial charge in [-0.1, -0.05) is 6.07 Å². The van der Waals surface area contributed by atoms with Gasteiger partial charge in [-0.15, -0.1) is 22.7 Å². The SMILES string of the molecule is COc1ccc(N=c2scc(-c3ccco3)n2N=Cc2cccs2)cc1. The van der Waals surface area contributed by atoms with E-state index in [4.69, 9.17) is 14.1 Å². The zero-order valence-corrected chi connectivity index (χ0v) is 15.5. The van der Waals surface area contributed by atoms with Crippen molar-refractivity contribution in [3.63, 3.8) is 0 Å². The first-order valence-corrected chi connectivity index (χ1v) is 9.60. The molecule has 7 heteroatoms. The van der Waals surface area contributed by atoms with Gasteiger partial charge < -0.3 is 9.15 Å². The second-order valence-corrected chi connectivity index (χ2v) is 7.08. The molecule has 3 heterocycles. The molecule has 0 amide bonds. The van der Waals surface area contributed by atoms with Crippen molar-refractivity contribution in [2.75, 3.05) is 7.11 Å². The van der Waals surface area contributed by atoms with Crippen LogP contribution in [0, 0.1) is 0 Å². The summed E-state index contributed by atoms with van der Waals surface area (Å²) in [6.45, 7) is 0. The number of hydrogen-bond donors (Lipinski definition) is 0. The largest absolute Gasteiger partial charge is 0.497 e. The van der Waals surface area contributed by atoms with E-state index < -0.39 is 0 Å². The van der Waals surface area contributed by atoms with E-state index in [2.05, 4.69) is 5.10 Å². The van der Waals surface area contributed by atoms with E-state index in [1.54, 1.807) is 29.4 Å². The second-order valence-electron chi connectivity index (χ2n) is 5.26. The Morgan fingerprint density at radius 1 is 1.08 bits per heavy atom. The van der Waals surface area contributed by atoms with Gasteiger partial charge >= 0.3 is 0 Å². The molecule has 0 aliphatic carbocycles. The third-order valence-corrected chi connectivity index (χ3v) is 5.22. The Balaban J connectivity index is 1.79. The van der Waals surface area contributed by atoms with Gasteiger partial charge in [-0.3, -0.25) is 0 Å². The Hall–Kier alpha value is -2.90. The maximum absolute atomic E-state index is 5.55. The van der Waals surface area contributed by atoms with Crippen LogP contribution in [-0.2, 0) is 0 Å². The number of thiazole rings is 1. The zero-order valence-electron chi connectivity index (χ0n) is 13.9. The van der Waals surface area contributed by atoms with Crippen molar-refractivity contribution in [3.8, 4) is 17.2 Å². The minimum Gasteiger partial charge on any atom is -0.497 e. The fraction of sp³-hybridized carbons (Fsp3) is 0.0526. The highest BCUT2D eigenvalue weighted by molar-refractivity contribution is 7.11. The fourth-order valence-electron chi connectivity index (χ4n) is 2.33. The molecule has 130 valence electrons. The predicted molar refractivity (Wildman–Crippen MR) is 106 cm³/mol. The topological polar surface area (TPSA) is 52.0 Å². The summed E-state index contributed by atoms with van der Waals surface area (Å²) in [5.41, 5.74) is 1.69. The van der Waals surface area contributed by atoms with E-state index in [0.29, 0.717) is 0 Å². The maximum atomic E-state index is 5.55. The summed E-state index contributed by atoms with van der Waals surface area (Å²) >= 11 is 3.15. The number of furan rings is 1. The van der Waals surface area contributed by atoms with Gasteiger partial charge in [0.15, 0.2) is 5.76 Å². The van der Waals surface area contributed by atoms with Gasteiger partial charge in [0, 0.05) is 10.3 Å². The molecule has 0 aliphatic rings. The van der Waals surface area contributed by atoms with Crippen LogP contribution in [0.4, 0.5) is 5.69 Å². The summed E-state index contributed by atoms with van der Waals surface area (Å²) in [6, 6.07) is 15.4. The molecule has 0 aliphatic heterocycles. The average molecular weight is 381 g/mol. The van der Waals surface area contributed by atoms with Crippen LogP contribution < -0.4 is 9.54 Å². The summed E-state index contributed by atoms with van der Waals surface area (Å²) in [7, 11) is 1.65. The molecule has 0 spiro atoms. The lowest BCUT2D eigenvalue weighted by molar-refractivity contribution is 0.415. The minimum absolute atomic E-state index is 0.751. The lowest BCUT2D eigenvalue weighted by Gasteiger charge is -2.01. The highest BCUT2D eigenvalue weighted by atomic mass is 32.1. The van der Waals surface area contributed by atoms with E-state index in [1.165, 1.54) is 11.3 Å². The molecular formula is C19H15N3O2S2. The highest BCUT2D eigenvalue weighted by Gasteiger charge is 2.10. The normalized spacial score (nSPS) is 12.1. The van der Waals surface area contributed by atoms with Crippen LogP contribution in [0.15, 0.2) is 80.1 Å². The van der Waals surface area contributed by atoms with Gasteiger partial charge in [0.1, 0.15) is 11.4 Å². The van der Waals surface area contributed by atoms with Crippen LogP contribution in [0.25, 0.3) is 11.5 Å². The number of methoxy groups -OCH3 is 1. The molecule has 0 bridgehead atoms. The average Bonchev–Trinajstić information content (AvgIpc) is 3.42. The number of aromatic nitrogens is 1. The monoisotopic (exact) mass is 381 g/mol. The Morgan fingerprint density at radius 2 is 1.96 bits per heavy atom. The van der Waals surface area contributed by atoms with Crippen LogP contribution in [0.5, 0.6) is 5.75 Å². The van der Waals surface area contributed by atoms with Gasteiger partial charge in [-0.25, -0.2) is 9.67 Å². The van der Waals surface area contributed by atoms with Gasteiger partial charge in [0.2, 0.25) is 4.80 Å². The number of rotatable bonds is 5. The van der Waals surface area contributed by atoms with E-state index in [0.717, 1.165) is 32.6 Å². The number of ether oxygens (including phenoxy) is 1. The molecule has 0 N–H and O–H groups in total. The van der Waals surface area contributed by atoms with Crippen LogP contribution in [0.3, 0.4) is 0 Å². The molecule has 0 fully saturated rings. The summed E-state index contributed by atoms with van der Waals surface area (Å²) < 4.78 is 12.5. The van der Waals surface area contributed by atoms with E-state index in [1.807, 2.05) is 65.5 Å². The first kappa shape index (κ1) is 16.6. The Kier molecular flexibility index (Phi) is 4.81. The molecule has 4 aromatic rings. The third-order valence-electron chi connectivity index (χ3n) is 3.60. The van der Waals surface area contributed by atoms with Crippen molar-refractivity contribution >= 4 is 34.6 Å². The summed E-state index contributed by atoms with van der Waals surface area (Å²) in [4.78, 5) is 6.55. The number of benzene rings is 1.